The molecule has 0 aliphatic carbocycles. The lowest BCUT2D eigenvalue weighted by Crippen LogP contribution is -2.62. The smallest absolute Gasteiger partial charge is 0.260 e. The number of hydrogen-bond donors (Lipinski definition) is 0. The summed E-state index contributed by atoms with van der Waals surface area (Å²) >= 11 is 0. The van der Waals surface area contributed by atoms with Gasteiger partial charge in [0.1, 0.15) is 34.5 Å². The maximum absolute atomic E-state index is 7.90. The molecule has 74 heavy (non-hydrogen) atoms. The van der Waals surface area contributed by atoms with Crippen molar-refractivity contribution in [3.63, 3.8) is 0 Å². The first-order chi connectivity index (χ1) is 36.8. The molecule has 0 saturated carbocycles. The zero-order valence-corrected chi connectivity index (χ0v) is 39.7. The highest BCUT2D eigenvalue weighted by Gasteiger charge is 2.47. The van der Waals surface area contributed by atoms with Crippen molar-refractivity contribution in [1.82, 2.24) is 13.7 Å². The number of ether oxygens (including phenoxy) is 3. The SMILES string of the molecule is c1ccc2c(c1)Oc1cc3c4c(c1B2c1ccccc1-n1c2ccccc2c2ccccc21)Oc1c(cccc1-n1c2ccccc2c2cccc(-n5c6ccccc6c6ccccc65)c21)B4c1ccccc1O3. The molecule has 3 aliphatic heterocycles. The monoisotopic (exact) mass is 943 g/mol. The normalized spacial score (nSPS) is 13.1. The Balaban J connectivity index is 0.963. The van der Waals surface area contributed by atoms with Gasteiger partial charge in [-0.05, 0) is 82.5 Å². The number of para-hydroxylation sites is 10. The number of hydrogen-bond acceptors (Lipinski definition) is 3. The molecule has 6 heterocycles. The number of nitrogens with zero attached hydrogens (tertiary/aromatic N) is 3. The Morgan fingerprint density at radius 3 is 1.20 bits per heavy atom. The molecule has 0 spiro atoms. The van der Waals surface area contributed by atoms with Crippen LogP contribution in [0.1, 0.15) is 0 Å². The summed E-state index contributed by atoms with van der Waals surface area (Å²) < 4.78 is 29.3. The van der Waals surface area contributed by atoms with Gasteiger partial charge in [0.15, 0.2) is 0 Å². The van der Waals surface area contributed by atoms with E-state index in [-0.39, 0.29) is 13.4 Å². The van der Waals surface area contributed by atoms with Gasteiger partial charge in [-0.25, -0.2) is 0 Å². The van der Waals surface area contributed by atoms with Gasteiger partial charge >= 0.3 is 0 Å². The Hall–Kier alpha value is -9.65. The number of fused-ring (bicyclic) bond motifs is 16. The molecule has 0 atom stereocenters. The van der Waals surface area contributed by atoms with Crippen LogP contribution in [0.15, 0.2) is 237 Å². The molecule has 14 aromatic rings. The minimum atomic E-state index is -0.298. The minimum absolute atomic E-state index is 0.214. The molecule has 342 valence electrons. The first kappa shape index (κ1) is 40.0. The van der Waals surface area contributed by atoms with Crippen LogP contribution in [0.5, 0.6) is 34.5 Å². The fraction of sp³-hybridized carbons (Fsp3) is 0. The van der Waals surface area contributed by atoms with E-state index in [1.54, 1.807) is 0 Å². The summed E-state index contributed by atoms with van der Waals surface area (Å²) in [4.78, 5) is 0. The van der Waals surface area contributed by atoms with Gasteiger partial charge in [-0.1, -0.05) is 170 Å². The maximum Gasteiger partial charge on any atom is 0.260 e. The van der Waals surface area contributed by atoms with Crippen molar-refractivity contribution in [2.75, 3.05) is 0 Å². The van der Waals surface area contributed by atoms with Crippen LogP contribution in [0.25, 0.3) is 82.5 Å². The molecule has 3 aliphatic rings. The van der Waals surface area contributed by atoms with E-state index in [2.05, 4.69) is 250 Å². The second-order valence-corrected chi connectivity index (χ2v) is 19.8. The first-order valence-corrected chi connectivity index (χ1v) is 25.4. The van der Waals surface area contributed by atoms with E-state index in [1.165, 1.54) is 26.9 Å². The Bertz CT molecular complexity index is 4650. The molecule has 11 aromatic carbocycles. The minimum Gasteiger partial charge on any atom is -0.458 e. The third-order valence-electron chi connectivity index (χ3n) is 16.1. The van der Waals surface area contributed by atoms with Crippen molar-refractivity contribution in [2.24, 2.45) is 0 Å². The molecule has 17 rings (SSSR count). The zero-order chi connectivity index (χ0) is 48.2. The molecule has 0 radical (unpaired) electrons. The molecule has 8 heteroatoms. The van der Waals surface area contributed by atoms with Crippen LogP contribution in [-0.4, -0.2) is 27.1 Å². The fourth-order valence-corrected chi connectivity index (χ4v) is 13.2. The van der Waals surface area contributed by atoms with E-state index in [4.69, 9.17) is 14.2 Å². The van der Waals surface area contributed by atoms with E-state index in [1.807, 2.05) is 0 Å². The summed E-state index contributed by atoms with van der Waals surface area (Å²) in [6, 6.07) is 85.2. The van der Waals surface area contributed by atoms with Crippen LogP contribution >= 0.6 is 0 Å². The molecular formula is C66H39B2N3O3. The Kier molecular flexibility index (Phi) is 8.08. The third-order valence-corrected chi connectivity index (χ3v) is 16.1. The molecule has 0 saturated heterocycles. The Morgan fingerprint density at radius 2 is 0.635 bits per heavy atom. The second kappa shape index (κ2) is 14.9. The molecule has 0 N–H and O–H groups in total. The van der Waals surface area contributed by atoms with Gasteiger partial charge in [0.05, 0.1) is 44.5 Å². The fourth-order valence-electron chi connectivity index (χ4n) is 13.2. The predicted octanol–water partition coefficient (Wildman–Crippen LogP) is 12.3. The highest BCUT2D eigenvalue weighted by molar-refractivity contribution is 7.01. The molecule has 3 aromatic heterocycles. The first-order valence-electron chi connectivity index (χ1n) is 25.4. The van der Waals surface area contributed by atoms with Crippen LogP contribution < -0.4 is 47.0 Å². The van der Waals surface area contributed by atoms with Crippen LogP contribution in [0.3, 0.4) is 0 Å². The molecular weight excluding hydrogens is 904 g/mol. The number of rotatable bonds is 4. The van der Waals surface area contributed by atoms with Crippen molar-refractivity contribution in [1.29, 1.82) is 0 Å². The third kappa shape index (κ3) is 5.30. The lowest BCUT2D eigenvalue weighted by molar-refractivity contribution is 0.446. The molecule has 0 unspecified atom stereocenters. The van der Waals surface area contributed by atoms with Gasteiger partial charge < -0.3 is 27.9 Å². The second-order valence-electron chi connectivity index (χ2n) is 19.8. The molecule has 6 nitrogen and oxygen atoms in total. The number of benzene rings is 11. The van der Waals surface area contributed by atoms with Gasteiger partial charge in [-0.2, -0.15) is 0 Å². The van der Waals surface area contributed by atoms with Crippen molar-refractivity contribution >= 4 is 112 Å². The molecule has 0 bridgehead atoms. The lowest BCUT2D eigenvalue weighted by atomic mass is 9.31. The average Bonchev–Trinajstić information content (AvgIpc) is 4.13. The van der Waals surface area contributed by atoms with Gasteiger partial charge in [0, 0.05) is 55.0 Å². The average molecular weight is 944 g/mol. The van der Waals surface area contributed by atoms with Crippen molar-refractivity contribution in [2.45, 2.75) is 0 Å². The number of aromatic nitrogens is 3. The summed E-state index contributed by atoms with van der Waals surface area (Å²) in [5, 5.41) is 7.20. The van der Waals surface area contributed by atoms with Crippen molar-refractivity contribution in [3.8, 4) is 51.6 Å². The Labute approximate surface area is 425 Å². The standard InChI is InChI=1S/C66H39B2N3O3/c1-9-29-50-40(19-1)41-20-2-10-30-51(41)69(50)55-34-14-6-25-46(55)67-47-26-7-15-37-58(47)72-60-39-61-63-66(62(60)67)74-65-49(68(63)48-27-8-16-38-59(48)73-61)28-18-36-57(65)71-54-33-13-5-23-44(54)45-24-17-35-56(64(45)71)70-52-31-11-3-21-42(52)43-22-4-12-32-53(43)70/h1-39H. The summed E-state index contributed by atoms with van der Waals surface area (Å²) in [7, 11) is 0. The van der Waals surface area contributed by atoms with E-state index < -0.39 is 0 Å². The molecule has 0 amide bonds. The largest absolute Gasteiger partial charge is 0.458 e. The topological polar surface area (TPSA) is 42.5 Å². The summed E-state index contributed by atoms with van der Waals surface area (Å²) in [6.45, 7) is -0.512. The summed E-state index contributed by atoms with van der Waals surface area (Å²) in [5.41, 5.74) is 16.3. The Morgan fingerprint density at radius 1 is 0.257 bits per heavy atom. The zero-order valence-electron chi connectivity index (χ0n) is 39.7. The highest BCUT2D eigenvalue weighted by Crippen LogP contribution is 2.45. The van der Waals surface area contributed by atoms with E-state index in [0.29, 0.717) is 5.75 Å². The van der Waals surface area contributed by atoms with Crippen LogP contribution in [-0.2, 0) is 0 Å². The quantitative estimate of drug-likeness (QED) is 0.165. The predicted molar refractivity (Wildman–Crippen MR) is 305 cm³/mol. The molecule has 0 fully saturated rings. The van der Waals surface area contributed by atoms with Crippen LogP contribution in [0.4, 0.5) is 0 Å². The van der Waals surface area contributed by atoms with Crippen molar-refractivity contribution < 1.29 is 14.2 Å². The maximum atomic E-state index is 7.90. The summed E-state index contributed by atoms with van der Waals surface area (Å²) in [6.07, 6.45) is 0. The van der Waals surface area contributed by atoms with Gasteiger partial charge in [0.2, 0.25) is 0 Å². The van der Waals surface area contributed by atoms with E-state index >= 15 is 0 Å². The van der Waals surface area contributed by atoms with Crippen LogP contribution in [0, 0.1) is 0 Å². The van der Waals surface area contributed by atoms with Gasteiger partial charge in [-0.3, -0.25) is 0 Å². The van der Waals surface area contributed by atoms with Gasteiger partial charge in [0.25, 0.3) is 13.4 Å². The van der Waals surface area contributed by atoms with E-state index in [9.17, 15) is 0 Å². The van der Waals surface area contributed by atoms with Crippen molar-refractivity contribution in [3.05, 3.63) is 237 Å². The highest BCUT2D eigenvalue weighted by atomic mass is 16.5. The van der Waals surface area contributed by atoms with E-state index in [0.717, 1.165) is 117 Å². The summed E-state index contributed by atoms with van der Waals surface area (Å²) in [5.74, 6) is 4.64. The van der Waals surface area contributed by atoms with Crippen LogP contribution in [0.2, 0.25) is 0 Å². The lowest BCUT2D eigenvalue weighted by Gasteiger charge is -2.38. The van der Waals surface area contributed by atoms with Gasteiger partial charge in [-0.15, -0.1) is 0 Å².